The number of carbonyl (C=O) groups is 1. The van der Waals surface area contributed by atoms with E-state index < -0.39 is 5.82 Å². The van der Waals surface area contributed by atoms with Crippen molar-refractivity contribution in [3.63, 3.8) is 0 Å². The van der Waals surface area contributed by atoms with Crippen LogP contribution in [0, 0.1) is 5.82 Å². The number of fused-ring (bicyclic) bond motifs is 1. The number of nitrogens with zero attached hydrogens (tertiary/aromatic N) is 1. The fourth-order valence-electron chi connectivity index (χ4n) is 1.99. The van der Waals surface area contributed by atoms with Gasteiger partial charge in [0.05, 0.1) is 15.1 Å². The monoisotopic (exact) mass is 352 g/mol. The normalized spacial score (nSPS) is 10.9. The molecule has 0 unspecified atom stereocenters. The van der Waals surface area contributed by atoms with Crippen molar-refractivity contribution in [3.8, 4) is 0 Å². The van der Waals surface area contributed by atoms with Crippen molar-refractivity contribution in [2.75, 3.05) is 0 Å². The first-order valence-electron chi connectivity index (χ1n) is 5.69. The molecule has 0 spiro atoms. The number of nitrogens with one attached hydrogen (secondary N) is 1. The Morgan fingerprint density at radius 1 is 1.35 bits per heavy atom. The smallest absolute Gasteiger partial charge is 0.195 e. The van der Waals surface area contributed by atoms with Gasteiger partial charge in [-0.15, -0.1) is 0 Å². The van der Waals surface area contributed by atoms with Crippen LogP contribution in [0.5, 0.6) is 0 Å². The predicted molar refractivity (Wildman–Crippen MR) is 78.6 cm³/mol. The predicted octanol–water partition coefficient (Wildman–Crippen LogP) is 4.35. The minimum absolute atomic E-state index is 0.243. The molecule has 3 nitrogen and oxygen atoms in total. The first-order chi connectivity index (χ1) is 9.58. The Bertz CT molecular complexity index is 831. The molecule has 0 radical (unpaired) electrons. The maximum atomic E-state index is 13.2. The topological polar surface area (TPSA) is 45.8 Å². The minimum atomic E-state index is -0.417. The van der Waals surface area contributed by atoms with Gasteiger partial charge in [0.25, 0.3) is 0 Å². The zero-order valence-corrected chi connectivity index (χ0v) is 12.3. The second-order valence-electron chi connectivity index (χ2n) is 4.18. The van der Waals surface area contributed by atoms with Crippen LogP contribution in [0.1, 0.15) is 15.9 Å². The Labute approximate surface area is 126 Å². The molecule has 1 N–H and O–H groups in total. The molecule has 3 rings (SSSR count). The van der Waals surface area contributed by atoms with Crippen LogP contribution in [0.3, 0.4) is 0 Å². The van der Waals surface area contributed by atoms with E-state index in [1.54, 1.807) is 18.5 Å². The van der Waals surface area contributed by atoms with Gasteiger partial charge in [-0.25, -0.2) is 9.37 Å². The highest BCUT2D eigenvalue weighted by Crippen LogP contribution is 2.27. The van der Waals surface area contributed by atoms with Crippen molar-refractivity contribution in [1.82, 2.24) is 9.97 Å². The lowest BCUT2D eigenvalue weighted by molar-refractivity contribution is 0.104. The number of pyridine rings is 1. The van der Waals surface area contributed by atoms with Gasteiger partial charge in [0.1, 0.15) is 11.5 Å². The van der Waals surface area contributed by atoms with Crippen molar-refractivity contribution in [2.24, 2.45) is 0 Å². The van der Waals surface area contributed by atoms with E-state index in [2.05, 4.69) is 25.9 Å². The number of carbonyl (C=O) groups excluding carboxylic acids is 1. The summed E-state index contributed by atoms with van der Waals surface area (Å²) in [4.78, 5) is 19.5. The summed E-state index contributed by atoms with van der Waals surface area (Å²) < 4.78 is 13.5. The molecule has 0 atom stereocenters. The SMILES string of the molecule is O=C(c1ccc(F)c(Br)c1)c1c[nH]c2nccc(Cl)c12. The fraction of sp³-hybridized carbons (Fsp3) is 0. The summed E-state index contributed by atoms with van der Waals surface area (Å²) in [5, 5.41) is 1.01. The van der Waals surface area contributed by atoms with Crippen molar-refractivity contribution < 1.29 is 9.18 Å². The number of hydrogen-bond acceptors (Lipinski definition) is 2. The molecular formula is C14H7BrClFN2O. The zero-order valence-electron chi connectivity index (χ0n) is 9.95. The summed E-state index contributed by atoms with van der Waals surface area (Å²) in [6, 6.07) is 5.74. The highest BCUT2D eigenvalue weighted by atomic mass is 79.9. The number of H-pyrrole nitrogens is 1. The van der Waals surface area contributed by atoms with Crippen LogP contribution < -0.4 is 0 Å². The van der Waals surface area contributed by atoms with Gasteiger partial charge in [0.15, 0.2) is 5.78 Å². The Morgan fingerprint density at radius 2 is 2.15 bits per heavy atom. The molecule has 2 heterocycles. The van der Waals surface area contributed by atoms with E-state index in [1.807, 2.05) is 0 Å². The van der Waals surface area contributed by atoms with Crippen molar-refractivity contribution >= 4 is 44.3 Å². The van der Waals surface area contributed by atoms with Gasteiger partial charge in [-0.1, -0.05) is 11.6 Å². The molecule has 100 valence electrons. The van der Waals surface area contributed by atoms with Crippen LogP contribution in [0.4, 0.5) is 4.39 Å². The molecule has 0 aliphatic heterocycles. The van der Waals surface area contributed by atoms with E-state index in [0.29, 0.717) is 27.2 Å². The lowest BCUT2D eigenvalue weighted by atomic mass is 10.0. The second kappa shape index (κ2) is 5.00. The standard InChI is InChI=1S/C14H7BrClFN2O/c15-9-5-7(1-2-11(9)17)13(20)8-6-19-14-12(8)10(16)3-4-18-14/h1-6H,(H,18,19). The van der Waals surface area contributed by atoms with E-state index in [1.165, 1.54) is 18.2 Å². The third-order valence-corrected chi connectivity index (χ3v) is 3.87. The van der Waals surface area contributed by atoms with Crippen molar-refractivity contribution in [3.05, 3.63) is 63.1 Å². The molecule has 0 aliphatic carbocycles. The number of aromatic nitrogens is 2. The molecule has 0 saturated heterocycles. The minimum Gasteiger partial charge on any atom is -0.345 e. The first kappa shape index (κ1) is 13.3. The van der Waals surface area contributed by atoms with Gasteiger partial charge in [-0.3, -0.25) is 4.79 Å². The first-order valence-corrected chi connectivity index (χ1v) is 6.86. The van der Waals surface area contributed by atoms with Crippen LogP contribution in [0.25, 0.3) is 11.0 Å². The molecule has 0 aliphatic rings. The highest BCUT2D eigenvalue weighted by molar-refractivity contribution is 9.10. The summed E-state index contributed by atoms with van der Waals surface area (Å²) in [5.41, 5.74) is 1.33. The average molecular weight is 354 g/mol. The summed E-state index contributed by atoms with van der Waals surface area (Å²) in [7, 11) is 0. The van der Waals surface area contributed by atoms with Gasteiger partial charge < -0.3 is 4.98 Å². The van der Waals surface area contributed by atoms with Crippen LogP contribution >= 0.6 is 27.5 Å². The van der Waals surface area contributed by atoms with Crippen LogP contribution in [0.2, 0.25) is 5.02 Å². The number of hydrogen-bond donors (Lipinski definition) is 1. The number of rotatable bonds is 2. The molecule has 0 saturated carbocycles. The van der Waals surface area contributed by atoms with Crippen molar-refractivity contribution in [2.45, 2.75) is 0 Å². The molecule has 0 bridgehead atoms. The van der Waals surface area contributed by atoms with E-state index >= 15 is 0 Å². The van der Waals surface area contributed by atoms with E-state index in [9.17, 15) is 9.18 Å². The van der Waals surface area contributed by atoms with E-state index in [-0.39, 0.29) is 10.3 Å². The van der Waals surface area contributed by atoms with Gasteiger partial charge in [-0.2, -0.15) is 0 Å². The fourth-order valence-corrected chi connectivity index (χ4v) is 2.61. The molecule has 6 heteroatoms. The van der Waals surface area contributed by atoms with Gasteiger partial charge in [0.2, 0.25) is 0 Å². The lowest BCUT2D eigenvalue weighted by Crippen LogP contribution is -2.01. The summed E-state index contributed by atoms with van der Waals surface area (Å²) in [6.07, 6.45) is 3.12. The van der Waals surface area contributed by atoms with E-state index in [0.717, 1.165) is 0 Å². The Balaban J connectivity index is 2.15. The molecule has 1 aromatic carbocycles. The summed E-state index contributed by atoms with van der Waals surface area (Å²) >= 11 is 9.18. The number of ketones is 1. The highest BCUT2D eigenvalue weighted by Gasteiger charge is 2.17. The summed E-state index contributed by atoms with van der Waals surface area (Å²) in [5.74, 6) is -0.660. The summed E-state index contributed by atoms with van der Waals surface area (Å²) in [6.45, 7) is 0. The molecular weight excluding hydrogens is 347 g/mol. The number of benzene rings is 1. The third kappa shape index (κ3) is 2.13. The molecule has 20 heavy (non-hydrogen) atoms. The molecule has 2 aromatic heterocycles. The Morgan fingerprint density at radius 3 is 2.90 bits per heavy atom. The Kier molecular flexibility index (Phi) is 3.31. The number of aromatic amines is 1. The van der Waals surface area contributed by atoms with Crippen LogP contribution in [-0.4, -0.2) is 15.8 Å². The number of halogens is 3. The zero-order chi connectivity index (χ0) is 14.3. The van der Waals surface area contributed by atoms with Gasteiger partial charge >= 0.3 is 0 Å². The largest absolute Gasteiger partial charge is 0.345 e. The third-order valence-electron chi connectivity index (χ3n) is 2.95. The average Bonchev–Trinajstić information content (AvgIpc) is 2.86. The quantitative estimate of drug-likeness (QED) is 0.696. The molecule has 0 fully saturated rings. The van der Waals surface area contributed by atoms with Crippen LogP contribution in [0.15, 0.2) is 41.1 Å². The molecule has 3 aromatic rings. The maximum Gasteiger partial charge on any atom is 0.195 e. The van der Waals surface area contributed by atoms with Crippen molar-refractivity contribution in [1.29, 1.82) is 0 Å². The maximum absolute atomic E-state index is 13.2. The molecule has 0 amide bonds. The van der Waals surface area contributed by atoms with Gasteiger partial charge in [-0.05, 0) is 40.2 Å². The lowest BCUT2D eigenvalue weighted by Gasteiger charge is -2.02. The van der Waals surface area contributed by atoms with Gasteiger partial charge in [0, 0.05) is 23.3 Å². The Hall–Kier alpha value is -1.72. The van der Waals surface area contributed by atoms with E-state index in [4.69, 9.17) is 11.6 Å². The second-order valence-corrected chi connectivity index (χ2v) is 5.44. The van der Waals surface area contributed by atoms with Crippen LogP contribution in [-0.2, 0) is 0 Å².